The van der Waals surface area contributed by atoms with Crippen LogP contribution in [0, 0.1) is 11.2 Å². The third-order valence-electron chi connectivity index (χ3n) is 7.66. The Morgan fingerprint density at radius 3 is 2.66 bits per heavy atom. The van der Waals surface area contributed by atoms with Gasteiger partial charge in [0.15, 0.2) is 11.6 Å². The Morgan fingerprint density at radius 2 is 1.94 bits per heavy atom. The molecule has 2 fully saturated rings. The fourth-order valence-electron chi connectivity index (χ4n) is 5.51. The molecule has 1 saturated carbocycles. The molecule has 1 N–H and O–H groups in total. The van der Waals surface area contributed by atoms with Crippen molar-refractivity contribution >= 4 is 16.1 Å². The van der Waals surface area contributed by atoms with E-state index in [1.165, 1.54) is 6.07 Å². The molecule has 1 spiro atoms. The Kier molecular flexibility index (Phi) is 6.25. The first-order valence-electron chi connectivity index (χ1n) is 12.3. The topological polar surface area (TPSA) is 79.0 Å². The number of hydrogen-bond donors (Lipinski definition) is 1. The van der Waals surface area contributed by atoms with Gasteiger partial charge in [-0.15, -0.1) is 0 Å². The van der Waals surface area contributed by atoms with Gasteiger partial charge in [0, 0.05) is 30.1 Å². The Bertz CT molecular complexity index is 1230. The molecule has 1 aliphatic carbocycles. The van der Waals surface area contributed by atoms with Crippen LogP contribution in [0.2, 0.25) is 0 Å². The maximum absolute atomic E-state index is 14.7. The minimum absolute atomic E-state index is 0.00347. The second-order valence-electron chi connectivity index (χ2n) is 9.79. The number of halogens is 1. The van der Waals surface area contributed by atoms with Gasteiger partial charge in [0.25, 0.3) is 0 Å². The monoisotopic (exact) mass is 501 g/mol. The highest BCUT2D eigenvalue weighted by Gasteiger charge is 2.61. The molecule has 7 nitrogen and oxygen atoms in total. The molecule has 0 aromatic heterocycles. The van der Waals surface area contributed by atoms with E-state index in [-0.39, 0.29) is 41.6 Å². The molecule has 0 unspecified atom stereocenters. The summed E-state index contributed by atoms with van der Waals surface area (Å²) in [5, 5.41) is 0. The number of amides is 2. The Balaban J connectivity index is 1.60. The quantitative estimate of drug-likeness (QED) is 0.694. The van der Waals surface area contributed by atoms with Crippen LogP contribution in [-0.4, -0.2) is 68.3 Å². The van der Waals surface area contributed by atoms with E-state index in [2.05, 4.69) is 4.72 Å². The van der Waals surface area contributed by atoms with Gasteiger partial charge in [0.05, 0.1) is 18.3 Å². The predicted molar refractivity (Wildman–Crippen MR) is 132 cm³/mol. The van der Waals surface area contributed by atoms with Crippen LogP contribution in [0.4, 0.5) is 9.18 Å². The van der Waals surface area contributed by atoms with Crippen LogP contribution in [0.5, 0.6) is 5.75 Å². The van der Waals surface area contributed by atoms with Gasteiger partial charge in [-0.2, -0.15) is 0 Å². The van der Waals surface area contributed by atoms with Crippen molar-refractivity contribution in [3.63, 3.8) is 0 Å². The van der Waals surface area contributed by atoms with Crippen LogP contribution in [0.15, 0.2) is 42.5 Å². The van der Waals surface area contributed by atoms with E-state index < -0.39 is 15.8 Å². The van der Waals surface area contributed by atoms with Crippen molar-refractivity contribution in [1.82, 2.24) is 14.5 Å². The minimum atomic E-state index is -3.46. The highest BCUT2D eigenvalue weighted by Crippen LogP contribution is 2.55. The molecule has 2 atom stereocenters. The van der Waals surface area contributed by atoms with Crippen molar-refractivity contribution in [2.45, 2.75) is 45.2 Å². The van der Waals surface area contributed by atoms with Crippen LogP contribution in [0.1, 0.15) is 32.3 Å². The van der Waals surface area contributed by atoms with Crippen molar-refractivity contribution in [3.05, 3.63) is 53.8 Å². The zero-order valence-electron chi connectivity index (χ0n) is 20.2. The zero-order valence-corrected chi connectivity index (χ0v) is 21.0. The molecule has 5 rings (SSSR count). The lowest BCUT2D eigenvalue weighted by Crippen LogP contribution is -2.52. The van der Waals surface area contributed by atoms with Crippen LogP contribution in [0.3, 0.4) is 0 Å². The van der Waals surface area contributed by atoms with E-state index in [1.807, 2.05) is 42.2 Å². The molecule has 0 radical (unpaired) electrons. The highest BCUT2D eigenvalue weighted by atomic mass is 32.2. The minimum Gasteiger partial charge on any atom is -0.488 e. The van der Waals surface area contributed by atoms with Crippen molar-refractivity contribution in [1.29, 1.82) is 0 Å². The maximum atomic E-state index is 14.7. The summed E-state index contributed by atoms with van der Waals surface area (Å²) >= 11 is 0. The molecule has 2 aromatic carbocycles. The molecule has 2 aromatic rings. The van der Waals surface area contributed by atoms with Crippen molar-refractivity contribution in [2.24, 2.45) is 5.41 Å². The largest absolute Gasteiger partial charge is 0.488 e. The highest BCUT2D eigenvalue weighted by molar-refractivity contribution is 7.89. The molecular formula is C26H32FN3O4S. The fraction of sp³-hybridized carbons (Fsp3) is 0.500. The number of fused-ring (bicyclic) bond motifs is 5. The number of benzene rings is 2. The number of para-hydroxylation sites is 1. The van der Waals surface area contributed by atoms with Gasteiger partial charge in [-0.25, -0.2) is 22.3 Å². The van der Waals surface area contributed by atoms with Crippen LogP contribution >= 0.6 is 0 Å². The molecule has 9 heteroatoms. The normalized spacial score (nSPS) is 23.6. The molecular weight excluding hydrogens is 469 g/mol. The van der Waals surface area contributed by atoms with Crippen molar-refractivity contribution in [3.8, 4) is 16.9 Å². The van der Waals surface area contributed by atoms with E-state index >= 15 is 0 Å². The second-order valence-corrected chi connectivity index (χ2v) is 11.8. The smallest absolute Gasteiger partial charge is 0.320 e. The lowest BCUT2D eigenvalue weighted by molar-refractivity contribution is 0.138. The zero-order chi connectivity index (χ0) is 24.8. The first kappa shape index (κ1) is 24.1. The van der Waals surface area contributed by atoms with Gasteiger partial charge in [0.1, 0.15) is 6.61 Å². The van der Waals surface area contributed by atoms with E-state index in [0.29, 0.717) is 31.6 Å². The van der Waals surface area contributed by atoms with Crippen LogP contribution in [-0.2, 0) is 16.4 Å². The number of urea groups is 1. The van der Waals surface area contributed by atoms with Gasteiger partial charge in [0.2, 0.25) is 10.0 Å². The summed E-state index contributed by atoms with van der Waals surface area (Å²) in [5.41, 5.74) is 2.22. The summed E-state index contributed by atoms with van der Waals surface area (Å²) in [5.74, 6) is -0.267. The lowest BCUT2D eigenvalue weighted by Gasteiger charge is -2.33. The maximum Gasteiger partial charge on any atom is 0.320 e. The van der Waals surface area contributed by atoms with Gasteiger partial charge in [-0.3, -0.25) is 0 Å². The van der Waals surface area contributed by atoms with E-state index in [9.17, 15) is 17.6 Å². The van der Waals surface area contributed by atoms with Gasteiger partial charge in [-0.05, 0) is 50.3 Å². The summed E-state index contributed by atoms with van der Waals surface area (Å²) in [6.45, 7) is 5.00. The Labute approximate surface area is 206 Å². The number of ether oxygens (including phenoxy) is 1. The van der Waals surface area contributed by atoms with Crippen molar-refractivity contribution < 1.29 is 22.3 Å². The predicted octanol–water partition coefficient (Wildman–Crippen LogP) is 3.64. The number of nitrogens with one attached hydrogen (secondary N) is 1. The molecule has 2 bridgehead atoms. The average Bonchev–Trinajstić information content (AvgIpc) is 3.57. The molecule has 3 aliphatic rings. The first-order valence-corrected chi connectivity index (χ1v) is 14.0. The first-order chi connectivity index (χ1) is 16.8. The SMILES string of the molecule is CCN1CCOc2c(F)cccc2-c2cccc(c2)C[C@H]2[C@@H](NS(=O)(=O)CC)C3(CC3)CN2C1=O. The number of carbonyl (C=O) groups is 1. The number of carbonyl (C=O) groups excluding carboxylic acids is 1. The number of sulfonamides is 1. The second kappa shape index (κ2) is 9.09. The van der Waals surface area contributed by atoms with E-state index in [1.54, 1.807) is 17.9 Å². The Hall–Kier alpha value is -2.65. The molecule has 1 saturated heterocycles. The number of hydrogen-bond acceptors (Lipinski definition) is 4. The molecule has 2 aliphatic heterocycles. The van der Waals surface area contributed by atoms with Crippen LogP contribution in [0.25, 0.3) is 11.1 Å². The third-order valence-corrected chi connectivity index (χ3v) is 9.04. The fourth-order valence-corrected chi connectivity index (χ4v) is 6.47. The van der Waals surface area contributed by atoms with Gasteiger partial charge < -0.3 is 14.5 Å². The lowest BCUT2D eigenvalue weighted by atomic mass is 9.91. The van der Waals surface area contributed by atoms with Crippen LogP contribution < -0.4 is 9.46 Å². The van der Waals surface area contributed by atoms with Gasteiger partial charge in [-0.1, -0.05) is 36.4 Å². The number of rotatable bonds is 4. The summed E-state index contributed by atoms with van der Waals surface area (Å²) < 4.78 is 48.9. The number of nitrogens with zero attached hydrogens (tertiary/aromatic N) is 2. The molecule has 2 amide bonds. The molecule has 2 heterocycles. The summed E-state index contributed by atoms with van der Waals surface area (Å²) in [6.07, 6.45) is 2.29. The van der Waals surface area contributed by atoms with E-state index in [0.717, 1.165) is 24.0 Å². The molecule has 35 heavy (non-hydrogen) atoms. The Morgan fingerprint density at radius 1 is 1.17 bits per heavy atom. The average molecular weight is 502 g/mol. The summed E-state index contributed by atoms with van der Waals surface area (Å²) in [4.78, 5) is 17.3. The summed E-state index contributed by atoms with van der Waals surface area (Å²) in [6, 6.07) is 11.9. The third kappa shape index (κ3) is 4.51. The van der Waals surface area contributed by atoms with Crippen molar-refractivity contribution in [2.75, 3.05) is 32.0 Å². The summed E-state index contributed by atoms with van der Waals surface area (Å²) in [7, 11) is -3.46. The number of likely N-dealkylation sites (N-methyl/N-ethyl adjacent to an activating group) is 1. The van der Waals surface area contributed by atoms with E-state index in [4.69, 9.17) is 4.74 Å². The van der Waals surface area contributed by atoms with Gasteiger partial charge >= 0.3 is 6.03 Å². The molecule has 188 valence electrons. The standard InChI is InChI=1S/C26H32FN3O4S/c1-3-29-13-14-34-23-20(9-6-10-21(23)27)19-8-5-7-18(15-19)16-22-24(28-35(32,33)4-2)26(11-12-26)17-30(22)25(29)31/h5-10,15,22,24,28H,3-4,11-14,16-17H2,1-2H3/t22-,24+/m0/s1.